The Morgan fingerprint density at radius 2 is 2.03 bits per heavy atom. The van der Waals surface area contributed by atoms with Gasteiger partial charge in [0.05, 0.1) is 35.0 Å². The summed E-state index contributed by atoms with van der Waals surface area (Å²) < 4.78 is 7.65. The normalized spacial score (nSPS) is 13.5. The second-order valence-corrected chi connectivity index (χ2v) is 7.55. The lowest BCUT2D eigenvalue weighted by molar-refractivity contribution is 0.0698. The number of hydrogen-bond acceptors (Lipinski definition) is 4. The van der Waals surface area contributed by atoms with Crippen LogP contribution in [-0.4, -0.2) is 28.2 Å². The molecule has 0 spiro atoms. The third-order valence-electron chi connectivity index (χ3n) is 5.59. The molecule has 0 radical (unpaired) electrons. The van der Waals surface area contributed by atoms with Gasteiger partial charge in [-0.3, -0.25) is 4.79 Å². The third kappa shape index (κ3) is 3.72. The second-order valence-electron chi connectivity index (χ2n) is 7.55. The van der Waals surface area contributed by atoms with E-state index in [9.17, 15) is 14.7 Å². The average Bonchev–Trinajstić information content (AvgIpc) is 3.03. The number of fused-ring (bicyclic) bond motifs is 1. The largest absolute Gasteiger partial charge is 0.493 e. The summed E-state index contributed by atoms with van der Waals surface area (Å²) in [5.41, 5.74) is 1.46. The van der Waals surface area contributed by atoms with Crippen molar-refractivity contribution in [3.8, 4) is 11.8 Å². The molecule has 0 bridgehead atoms. The summed E-state index contributed by atoms with van der Waals surface area (Å²) in [5.74, 6) is -0.250. The summed E-state index contributed by atoms with van der Waals surface area (Å²) in [6.07, 6.45) is 3.70. The van der Waals surface area contributed by atoms with E-state index in [4.69, 9.17) is 10.00 Å². The van der Waals surface area contributed by atoms with E-state index in [0.29, 0.717) is 18.2 Å². The number of carboxylic acid groups (broad SMARTS) is 1. The first kappa shape index (κ1) is 19.5. The maximum absolute atomic E-state index is 12.9. The molecular weight excluding hydrogens is 382 g/mol. The zero-order chi connectivity index (χ0) is 21.3. The van der Waals surface area contributed by atoms with Crippen LogP contribution in [0.15, 0.2) is 42.5 Å². The topological polar surface area (TPSA) is 104 Å². The van der Waals surface area contributed by atoms with Gasteiger partial charge in [0, 0.05) is 18.5 Å². The highest BCUT2D eigenvalue weighted by Crippen LogP contribution is 2.29. The van der Waals surface area contributed by atoms with Crippen molar-refractivity contribution in [1.29, 1.82) is 5.26 Å². The summed E-state index contributed by atoms with van der Waals surface area (Å²) in [7, 11) is 1.78. The van der Waals surface area contributed by atoms with Crippen molar-refractivity contribution in [2.24, 2.45) is 13.0 Å². The minimum absolute atomic E-state index is 0.132. The molecule has 152 valence electrons. The van der Waals surface area contributed by atoms with Crippen LogP contribution >= 0.6 is 0 Å². The van der Waals surface area contributed by atoms with E-state index < -0.39 is 11.9 Å². The van der Waals surface area contributed by atoms with Gasteiger partial charge >= 0.3 is 5.97 Å². The summed E-state index contributed by atoms with van der Waals surface area (Å²) in [6.45, 7) is 0.708. The summed E-state index contributed by atoms with van der Waals surface area (Å²) in [4.78, 5) is 24.4. The molecule has 1 amide bonds. The number of carbonyl (C=O) groups excluding carboxylic acids is 1. The number of amides is 1. The standard InChI is InChI=1S/C23H21N3O4/c1-26-20-11-17(30-13-14-3-2-4-14)7-6-16(20)10-21(26)22(27)25-19-8-5-15(12-24)9-18(19)23(28)29/h5-11,14H,2-4,13H2,1H3,(H,25,27)(H,28,29). The van der Waals surface area contributed by atoms with E-state index in [1.54, 1.807) is 17.7 Å². The van der Waals surface area contributed by atoms with Crippen LogP contribution < -0.4 is 10.1 Å². The van der Waals surface area contributed by atoms with Crippen molar-refractivity contribution in [2.45, 2.75) is 19.3 Å². The van der Waals surface area contributed by atoms with Gasteiger partial charge in [0.2, 0.25) is 0 Å². The van der Waals surface area contributed by atoms with Gasteiger partial charge in [-0.25, -0.2) is 4.79 Å². The summed E-state index contributed by atoms with van der Waals surface area (Å²) >= 11 is 0. The Morgan fingerprint density at radius 3 is 2.70 bits per heavy atom. The molecule has 0 saturated heterocycles. The SMILES string of the molecule is Cn1c(C(=O)Nc2ccc(C#N)cc2C(=O)O)cc2ccc(OCC3CCC3)cc21. The fraction of sp³-hybridized carbons (Fsp3) is 0.261. The number of nitrogens with one attached hydrogen (secondary N) is 1. The van der Waals surface area contributed by atoms with Crippen LogP contribution in [0.3, 0.4) is 0 Å². The number of carbonyl (C=O) groups is 2. The number of rotatable bonds is 6. The molecular formula is C23H21N3O4. The number of benzene rings is 2. The van der Waals surface area contributed by atoms with Gasteiger partial charge < -0.3 is 19.7 Å². The lowest BCUT2D eigenvalue weighted by atomic mass is 9.86. The number of aromatic nitrogens is 1. The zero-order valence-corrected chi connectivity index (χ0v) is 16.5. The molecule has 1 fully saturated rings. The van der Waals surface area contributed by atoms with Gasteiger partial charge in [-0.1, -0.05) is 6.42 Å². The monoisotopic (exact) mass is 403 g/mol. The highest BCUT2D eigenvalue weighted by Gasteiger charge is 2.20. The molecule has 1 aromatic heterocycles. The lowest BCUT2D eigenvalue weighted by Crippen LogP contribution is -2.19. The number of carboxylic acids is 1. The average molecular weight is 403 g/mol. The van der Waals surface area contributed by atoms with Crippen LogP contribution in [0.2, 0.25) is 0 Å². The molecule has 1 aliphatic carbocycles. The Hall–Kier alpha value is -3.79. The first-order valence-electron chi connectivity index (χ1n) is 9.77. The number of nitrogens with zero attached hydrogens (tertiary/aromatic N) is 2. The molecule has 1 heterocycles. The van der Waals surface area contributed by atoms with Crippen molar-refractivity contribution in [1.82, 2.24) is 4.57 Å². The molecule has 1 aliphatic rings. The van der Waals surface area contributed by atoms with E-state index in [0.717, 1.165) is 16.7 Å². The van der Waals surface area contributed by atoms with Crippen LogP contribution in [0.25, 0.3) is 10.9 Å². The molecule has 4 rings (SSSR count). The molecule has 30 heavy (non-hydrogen) atoms. The second kappa shape index (κ2) is 7.91. The lowest BCUT2D eigenvalue weighted by Gasteiger charge is -2.25. The number of aromatic carboxylic acids is 1. The highest BCUT2D eigenvalue weighted by molar-refractivity contribution is 6.09. The van der Waals surface area contributed by atoms with Gasteiger partial charge in [-0.15, -0.1) is 0 Å². The molecule has 0 atom stereocenters. The Balaban J connectivity index is 1.58. The first-order chi connectivity index (χ1) is 14.5. The third-order valence-corrected chi connectivity index (χ3v) is 5.59. The van der Waals surface area contributed by atoms with Gasteiger partial charge in [0.25, 0.3) is 5.91 Å². The van der Waals surface area contributed by atoms with Crippen molar-refractivity contribution in [3.63, 3.8) is 0 Å². The fourth-order valence-corrected chi connectivity index (χ4v) is 3.58. The molecule has 2 aromatic carbocycles. The molecule has 1 saturated carbocycles. The quantitative estimate of drug-likeness (QED) is 0.642. The Kier molecular flexibility index (Phi) is 5.15. The van der Waals surface area contributed by atoms with Crippen LogP contribution in [0.4, 0.5) is 5.69 Å². The molecule has 0 unspecified atom stereocenters. The predicted octanol–water partition coefficient (Wildman–Crippen LogP) is 4.18. The van der Waals surface area contributed by atoms with Gasteiger partial charge in [0.1, 0.15) is 11.4 Å². The summed E-state index contributed by atoms with van der Waals surface area (Å²) in [6, 6.07) is 13.5. The number of nitriles is 1. The van der Waals surface area contributed by atoms with Crippen LogP contribution in [0, 0.1) is 17.2 Å². The van der Waals surface area contributed by atoms with E-state index in [1.807, 2.05) is 24.3 Å². The van der Waals surface area contributed by atoms with Crippen molar-refractivity contribution in [2.75, 3.05) is 11.9 Å². The minimum Gasteiger partial charge on any atom is -0.493 e. The van der Waals surface area contributed by atoms with Gasteiger partial charge in [-0.2, -0.15) is 5.26 Å². The molecule has 0 aliphatic heterocycles. The van der Waals surface area contributed by atoms with E-state index in [1.165, 1.54) is 37.5 Å². The van der Waals surface area contributed by atoms with E-state index in [-0.39, 0.29) is 16.8 Å². The van der Waals surface area contributed by atoms with Crippen LogP contribution in [-0.2, 0) is 7.05 Å². The minimum atomic E-state index is -1.22. The number of hydrogen-bond donors (Lipinski definition) is 2. The van der Waals surface area contributed by atoms with E-state index in [2.05, 4.69) is 5.32 Å². The van der Waals surface area contributed by atoms with Gasteiger partial charge in [-0.05, 0) is 55.2 Å². The van der Waals surface area contributed by atoms with Crippen molar-refractivity contribution in [3.05, 3.63) is 59.3 Å². The smallest absolute Gasteiger partial charge is 0.337 e. The van der Waals surface area contributed by atoms with E-state index >= 15 is 0 Å². The number of ether oxygens (including phenoxy) is 1. The molecule has 7 heteroatoms. The fourth-order valence-electron chi connectivity index (χ4n) is 3.58. The van der Waals surface area contributed by atoms with Crippen LogP contribution in [0.5, 0.6) is 5.75 Å². The number of aryl methyl sites for hydroxylation is 1. The maximum atomic E-state index is 12.9. The Bertz CT molecular complexity index is 1190. The highest BCUT2D eigenvalue weighted by atomic mass is 16.5. The summed E-state index contributed by atoms with van der Waals surface area (Å²) in [5, 5.41) is 21.9. The number of anilines is 1. The zero-order valence-electron chi connectivity index (χ0n) is 16.5. The van der Waals surface area contributed by atoms with Crippen LogP contribution in [0.1, 0.15) is 45.7 Å². The molecule has 7 nitrogen and oxygen atoms in total. The maximum Gasteiger partial charge on any atom is 0.337 e. The predicted molar refractivity (Wildman–Crippen MR) is 112 cm³/mol. The molecule has 3 aromatic rings. The Labute approximate surface area is 173 Å². The Morgan fingerprint density at radius 1 is 1.23 bits per heavy atom. The van der Waals surface area contributed by atoms with Crippen molar-refractivity contribution >= 4 is 28.5 Å². The van der Waals surface area contributed by atoms with Crippen molar-refractivity contribution < 1.29 is 19.4 Å². The molecule has 2 N–H and O–H groups in total. The first-order valence-corrected chi connectivity index (χ1v) is 9.77. The van der Waals surface area contributed by atoms with Gasteiger partial charge in [0.15, 0.2) is 0 Å².